The number of anilines is 1. The van der Waals surface area contributed by atoms with Crippen molar-refractivity contribution in [3.05, 3.63) is 51.2 Å². The Kier molecular flexibility index (Phi) is 5.51. The lowest BCUT2D eigenvalue weighted by atomic mass is 9.79. The number of aryl methyl sites for hydroxylation is 1. The van der Waals surface area contributed by atoms with Gasteiger partial charge in [0.05, 0.1) is 6.04 Å². The number of carbonyl (C=O) groups excluding carboxylic acids is 4. The molecular formula is C26H30N4O4S. The minimum Gasteiger partial charge on any atom is -0.325 e. The van der Waals surface area contributed by atoms with Gasteiger partial charge < -0.3 is 15.1 Å². The van der Waals surface area contributed by atoms with Crippen LogP contribution in [-0.4, -0.2) is 52.7 Å². The van der Waals surface area contributed by atoms with Gasteiger partial charge in [-0.05, 0) is 60.0 Å². The van der Waals surface area contributed by atoms with Gasteiger partial charge in [0, 0.05) is 35.9 Å². The fraction of sp³-hybridized carbons (Fsp3) is 0.462. The first-order valence-corrected chi connectivity index (χ1v) is 12.8. The third kappa shape index (κ3) is 3.82. The highest BCUT2D eigenvalue weighted by Crippen LogP contribution is 2.43. The number of likely N-dealkylation sites (N-methyl/N-ethyl adjacent to an activating group) is 1. The zero-order chi connectivity index (χ0) is 25.1. The van der Waals surface area contributed by atoms with Gasteiger partial charge in [0.25, 0.3) is 5.91 Å². The van der Waals surface area contributed by atoms with Gasteiger partial charge in [-0.1, -0.05) is 19.9 Å². The van der Waals surface area contributed by atoms with Crippen molar-refractivity contribution in [1.82, 2.24) is 15.1 Å². The molecule has 35 heavy (non-hydrogen) atoms. The van der Waals surface area contributed by atoms with Gasteiger partial charge in [0.15, 0.2) is 0 Å². The zero-order valence-corrected chi connectivity index (χ0v) is 21.3. The molecule has 1 aliphatic carbocycles. The van der Waals surface area contributed by atoms with Gasteiger partial charge in [-0.3, -0.25) is 19.7 Å². The number of imide groups is 1. The van der Waals surface area contributed by atoms with E-state index in [1.54, 1.807) is 23.3 Å². The summed E-state index contributed by atoms with van der Waals surface area (Å²) < 4.78 is 0. The van der Waals surface area contributed by atoms with Gasteiger partial charge >= 0.3 is 6.03 Å². The molecule has 3 heterocycles. The molecule has 0 bridgehead atoms. The van der Waals surface area contributed by atoms with Crippen molar-refractivity contribution in [2.75, 3.05) is 18.9 Å². The van der Waals surface area contributed by atoms with E-state index in [1.807, 2.05) is 44.4 Å². The van der Waals surface area contributed by atoms with E-state index in [1.165, 1.54) is 4.90 Å². The minimum absolute atomic E-state index is 0.00690. The normalized spacial score (nSPS) is 25.3. The van der Waals surface area contributed by atoms with E-state index in [-0.39, 0.29) is 36.3 Å². The van der Waals surface area contributed by atoms with Gasteiger partial charge in [-0.25, -0.2) is 4.79 Å². The highest BCUT2D eigenvalue weighted by atomic mass is 32.1. The van der Waals surface area contributed by atoms with Crippen LogP contribution >= 0.6 is 11.3 Å². The van der Waals surface area contributed by atoms with Gasteiger partial charge in [-0.2, -0.15) is 0 Å². The van der Waals surface area contributed by atoms with Crippen LogP contribution in [0, 0.1) is 12.3 Å². The first-order valence-electron chi connectivity index (χ1n) is 11.9. The summed E-state index contributed by atoms with van der Waals surface area (Å²) in [5.74, 6) is -0.547. The molecule has 0 radical (unpaired) electrons. The van der Waals surface area contributed by atoms with Crippen LogP contribution in [0.4, 0.5) is 10.5 Å². The van der Waals surface area contributed by atoms with Crippen LogP contribution in [0.5, 0.6) is 0 Å². The van der Waals surface area contributed by atoms with Crippen molar-refractivity contribution < 1.29 is 19.2 Å². The van der Waals surface area contributed by atoms with Crippen LogP contribution in [0.2, 0.25) is 0 Å². The number of rotatable bonds is 4. The lowest BCUT2D eigenvalue weighted by Gasteiger charge is -2.42. The topological polar surface area (TPSA) is 98.8 Å². The highest BCUT2D eigenvalue weighted by molar-refractivity contribution is 7.10. The Labute approximate surface area is 208 Å². The monoisotopic (exact) mass is 494 g/mol. The molecule has 1 aromatic heterocycles. The number of carbonyl (C=O) groups is 4. The highest BCUT2D eigenvalue weighted by Gasteiger charge is 2.54. The number of nitrogens with one attached hydrogen (secondary N) is 2. The van der Waals surface area contributed by atoms with E-state index < -0.39 is 11.0 Å². The summed E-state index contributed by atoms with van der Waals surface area (Å²) in [7, 11) is 1.64. The predicted molar refractivity (Wildman–Crippen MR) is 133 cm³/mol. The van der Waals surface area contributed by atoms with Crippen molar-refractivity contribution >= 4 is 40.8 Å². The van der Waals surface area contributed by atoms with Gasteiger partial charge in [0.1, 0.15) is 12.1 Å². The number of amides is 5. The van der Waals surface area contributed by atoms with Crippen LogP contribution in [0.1, 0.15) is 54.3 Å². The molecule has 2 fully saturated rings. The number of fused-ring (bicyclic) bond motifs is 1. The Bertz CT molecular complexity index is 1250. The molecule has 1 aromatic carbocycles. The number of piperidine rings is 1. The van der Waals surface area contributed by atoms with Crippen LogP contribution < -0.4 is 10.6 Å². The summed E-state index contributed by atoms with van der Waals surface area (Å²) >= 11 is 1.63. The molecular weight excluding hydrogens is 464 g/mol. The second-order valence-electron chi connectivity index (χ2n) is 10.6. The fourth-order valence-electron chi connectivity index (χ4n) is 5.60. The van der Waals surface area contributed by atoms with Crippen molar-refractivity contribution in [3.8, 4) is 0 Å². The molecule has 1 spiro atoms. The van der Waals surface area contributed by atoms with E-state index in [4.69, 9.17) is 0 Å². The average molecular weight is 495 g/mol. The maximum absolute atomic E-state index is 13.3. The maximum atomic E-state index is 13.3. The Morgan fingerprint density at radius 1 is 1.17 bits per heavy atom. The molecule has 9 heteroatoms. The fourth-order valence-corrected chi connectivity index (χ4v) is 6.68. The average Bonchev–Trinajstić information content (AvgIpc) is 3.45. The second kappa shape index (κ2) is 8.19. The predicted octanol–water partition coefficient (Wildman–Crippen LogP) is 3.40. The number of hydrogen-bond donors (Lipinski definition) is 2. The Morgan fingerprint density at radius 3 is 2.57 bits per heavy atom. The minimum atomic E-state index is -0.903. The number of benzene rings is 1. The number of thiophene rings is 1. The summed E-state index contributed by atoms with van der Waals surface area (Å²) in [6.45, 7) is 5.90. The van der Waals surface area contributed by atoms with E-state index in [9.17, 15) is 19.2 Å². The van der Waals surface area contributed by atoms with Crippen molar-refractivity contribution in [3.63, 3.8) is 0 Å². The van der Waals surface area contributed by atoms with E-state index in [0.717, 1.165) is 34.4 Å². The largest absolute Gasteiger partial charge is 0.325 e. The first kappa shape index (κ1) is 23.5. The number of nitrogens with zero attached hydrogens (tertiary/aromatic N) is 2. The Hall–Kier alpha value is -3.20. The summed E-state index contributed by atoms with van der Waals surface area (Å²) in [6, 6.07) is 7.14. The smallest absolute Gasteiger partial charge is 0.324 e. The maximum Gasteiger partial charge on any atom is 0.324 e. The van der Waals surface area contributed by atoms with Crippen LogP contribution in [0.3, 0.4) is 0 Å². The number of likely N-dealkylation sites (tertiary alicyclic amines) is 1. The molecule has 2 N–H and O–H groups in total. The van der Waals surface area contributed by atoms with Crippen LogP contribution in [-0.2, 0) is 27.2 Å². The Balaban J connectivity index is 1.33. The SMILES string of the molecule is Cc1ccsc1[C@@H]1CCC(C)(C)C(=O)N1CC(=O)Nc1ccc2c(c1)C[C@]1(C2)C(=O)NC(=O)N1C. The second-order valence-corrected chi connectivity index (χ2v) is 11.5. The molecule has 0 unspecified atom stereocenters. The van der Waals surface area contributed by atoms with Crippen LogP contribution in [0.25, 0.3) is 0 Å². The molecule has 2 saturated heterocycles. The van der Waals surface area contributed by atoms with Gasteiger partial charge in [-0.15, -0.1) is 11.3 Å². The number of hydrogen-bond acceptors (Lipinski definition) is 5. The Morgan fingerprint density at radius 2 is 1.91 bits per heavy atom. The van der Waals surface area contributed by atoms with E-state index >= 15 is 0 Å². The molecule has 2 atom stereocenters. The number of urea groups is 1. The van der Waals surface area contributed by atoms with Crippen molar-refractivity contribution in [2.24, 2.45) is 5.41 Å². The summed E-state index contributed by atoms with van der Waals surface area (Å²) in [4.78, 5) is 55.3. The van der Waals surface area contributed by atoms with Crippen LogP contribution in [0.15, 0.2) is 29.6 Å². The summed E-state index contributed by atoms with van der Waals surface area (Å²) in [6.07, 6.45) is 2.45. The third-order valence-electron chi connectivity index (χ3n) is 7.82. The standard InChI is InChI=1S/C26H30N4O4S/c1-15-8-10-35-21(15)19-7-9-25(2,3)23(33)30(19)14-20(31)27-18-6-5-16-12-26(13-17(16)11-18)22(32)28-24(34)29(26)4/h5-6,8,10-11,19H,7,9,12-14H2,1-4H3,(H,27,31)(H,28,32,34)/t19-,26+/m0/s1. The molecule has 2 aliphatic heterocycles. The molecule has 5 rings (SSSR count). The molecule has 5 amide bonds. The zero-order valence-electron chi connectivity index (χ0n) is 20.4. The summed E-state index contributed by atoms with van der Waals surface area (Å²) in [5.41, 5.74) is 2.27. The van der Waals surface area contributed by atoms with Crippen molar-refractivity contribution in [2.45, 2.75) is 58.0 Å². The third-order valence-corrected chi connectivity index (χ3v) is 8.94. The molecule has 184 valence electrons. The lowest BCUT2D eigenvalue weighted by molar-refractivity contribution is -0.150. The molecule has 8 nitrogen and oxygen atoms in total. The molecule has 3 aliphatic rings. The summed E-state index contributed by atoms with van der Waals surface area (Å²) in [5, 5.41) is 7.37. The molecule has 0 saturated carbocycles. The van der Waals surface area contributed by atoms with E-state index in [0.29, 0.717) is 18.5 Å². The van der Waals surface area contributed by atoms with Gasteiger partial charge in [0.2, 0.25) is 11.8 Å². The first-order chi connectivity index (χ1) is 16.5. The quantitative estimate of drug-likeness (QED) is 0.637. The van der Waals surface area contributed by atoms with Crippen molar-refractivity contribution in [1.29, 1.82) is 0 Å². The molecule has 2 aromatic rings. The van der Waals surface area contributed by atoms with E-state index in [2.05, 4.69) is 16.7 Å². The lowest BCUT2D eigenvalue weighted by Crippen LogP contribution is -2.50.